The van der Waals surface area contributed by atoms with E-state index in [2.05, 4.69) is 4.98 Å². The lowest BCUT2D eigenvalue weighted by atomic mass is 10.2. The number of hydrogen-bond donors (Lipinski definition) is 0. The second-order valence-corrected chi connectivity index (χ2v) is 3.98. The van der Waals surface area contributed by atoms with E-state index in [-0.39, 0.29) is 5.78 Å². The zero-order valence-electron chi connectivity index (χ0n) is 7.64. The highest BCUT2D eigenvalue weighted by Gasteiger charge is 2.23. The highest BCUT2D eigenvalue weighted by Crippen LogP contribution is 2.09. The maximum atomic E-state index is 11.6. The number of carbonyl (C=O) groups excluding carboxylic acids is 1. The monoisotopic (exact) mass is 213 g/mol. The van der Waals surface area contributed by atoms with Crippen LogP contribution in [0.5, 0.6) is 0 Å². The third-order valence-electron chi connectivity index (χ3n) is 1.98. The highest BCUT2D eigenvalue weighted by molar-refractivity contribution is 7.09. The van der Waals surface area contributed by atoms with E-state index in [4.69, 9.17) is 9.47 Å². The second kappa shape index (κ2) is 4.63. The molecule has 1 aliphatic rings. The van der Waals surface area contributed by atoms with E-state index in [1.807, 2.05) is 5.38 Å². The van der Waals surface area contributed by atoms with Gasteiger partial charge >= 0.3 is 0 Å². The number of carbonyl (C=O) groups is 1. The molecule has 2 heterocycles. The van der Waals surface area contributed by atoms with E-state index in [0.717, 1.165) is 5.01 Å². The van der Waals surface area contributed by atoms with Crippen LogP contribution in [0.1, 0.15) is 5.01 Å². The van der Waals surface area contributed by atoms with Crippen molar-refractivity contribution in [1.29, 1.82) is 0 Å². The van der Waals surface area contributed by atoms with Gasteiger partial charge in [-0.25, -0.2) is 4.98 Å². The third kappa shape index (κ3) is 2.37. The van der Waals surface area contributed by atoms with Crippen molar-refractivity contribution < 1.29 is 14.3 Å². The fourth-order valence-corrected chi connectivity index (χ4v) is 1.90. The summed E-state index contributed by atoms with van der Waals surface area (Å²) in [6, 6.07) is 0. The topological polar surface area (TPSA) is 48.4 Å². The van der Waals surface area contributed by atoms with Crippen molar-refractivity contribution in [1.82, 2.24) is 4.98 Å². The summed E-state index contributed by atoms with van der Waals surface area (Å²) in [6.07, 6.45) is 1.66. The van der Waals surface area contributed by atoms with Gasteiger partial charge in [0.15, 0.2) is 5.78 Å². The summed E-state index contributed by atoms with van der Waals surface area (Å²) in [5.41, 5.74) is 0. The van der Waals surface area contributed by atoms with Crippen LogP contribution in [0.15, 0.2) is 11.6 Å². The molecule has 1 aromatic rings. The van der Waals surface area contributed by atoms with Gasteiger partial charge in [0.05, 0.1) is 31.2 Å². The normalized spacial score (nSPS) is 22.1. The third-order valence-corrected chi connectivity index (χ3v) is 2.76. The van der Waals surface area contributed by atoms with Gasteiger partial charge in [-0.15, -0.1) is 11.3 Å². The first-order chi connectivity index (χ1) is 6.86. The predicted molar refractivity (Wildman–Crippen MR) is 51.4 cm³/mol. The highest BCUT2D eigenvalue weighted by atomic mass is 32.1. The molecule has 76 valence electrons. The largest absolute Gasteiger partial charge is 0.376 e. The molecule has 1 saturated heterocycles. The molecule has 1 fully saturated rings. The molecule has 0 bridgehead atoms. The van der Waals surface area contributed by atoms with Crippen LogP contribution in [0.2, 0.25) is 0 Å². The Morgan fingerprint density at radius 2 is 2.57 bits per heavy atom. The SMILES string of the molecule is O=C(Cc1nccs1)C1COCCO1. The molecule has 0 aliphatic carbocycles. The molecule has 0 spiro atoms. The molecule has 2 rings (SSSR count). The number of aromatic nitrogens is 1. The molecule has 1 atom stereocenters. The van der Waals surface area contributed by atoms with Gasteiger partial charge in [-0.1, -0.05) is 0 Å². The van der Waals surface area contributed by atoms with Crippen molar-refractivity contribution in [3.8, 4) is 0 Å². The molecule has 1 aromatic heterocycles. The quantitative estimate of drug-likeness (QED) is 0.740. The smallest absolute Gasteiger partial charge is 0.170 e. The van der Waals surface area contributed by atoms with Gasteiger partial charge in [0.2, 0.25) is 0 Å². The average Bonchev–Trinajstić information content (AvgIpc) is 2.72. The number of Topliss-reactive ketones (excluding diaryl/α,β-unsaturated/α-hetero) is 1. The van der Waals surface area contributed by atoms with Gasteiger partial charge < -0.3 is 9.47 Å². The first-order valence-corrected chi connectivity index (χ1v) is 5.34. The fraction of sp³-hybridized carbons (Fsp3) is 0.556. The van der Waals surface area contributed by atoms with Gasteiger partial charge in [-0.3, -0.25) is 4.79 Å². The van der Waals surface area contributed by atoms with Crippen molar-refractivity contribution in [2.75, 3.05) is 19.8 Å². The molecule has 14 heavy (non-hydrogen) atoms. The Hall–Kier alpha value is -0.780. The van der Waals surface area contributed by atoms with Crippen LogP contribution < -0.4 is 0 Å². The van der Waals surface area contributed by atoms with Crippen molar-refractivity contribution in [2.24, 2.45) is 0 Å². The number of ether oxygens (including phenoxy) is 2. The Morgan fingerprint density at radius 3 is 3.21 bits per heavy atom. The maximum absolute atomic E-state index is 11.6. The number of nitrogens with zero attached hydrogens (tertiary/aromatic N) is 1. The summed E-state index contributed by atoms with van der Waals surface area (Å²) in [7, 11) is 0. The van der Waals surface area contributed by atoms with Crippen molar-refractivity contribution in [3.63, 3.8) is 0 Å². The molecule has 0 amide bonds. The summed E-state index contributed by atoms with van der Waals surface area (Å²) in [5.74, 6) is 0.0552. The van der Waals surface area contributed by atoms with Crippen LogP contribution in [0.25, 0.3) is 0 Å². The molecule has 0 radical (unpaired) electrons. The molecule has 0 N–H and O–H groups in total. The molecular weight excluding hydrogens is 202 g/mol. The summed E-state index contributed by atoms with van der Waals surface area (Å²) in [6.45, 7) is 1.47. The minimum absolute atomic E-state index is 0.0552. The van der Waals surface area contributed by atoms with Crippen molar-refractivity contribution in [3.05, 3.63) is 16.6 Å². The first-order valence-electron chi connectivity index (χ1n) is 4.46. The van der Waals surface area contributed by atoms with Crippen molar-refractivity contribution in [2.45, 2.75) is 12.5 Å². The minimum Gasteiger partial charge on any atom is -0.376 e. The van der Waals surface area contributed by atoms with Crippen LogP contribution in [-0.2, 0) is 20.7 Å². The van der Waals surface area contributed by atoms with Crippen LogP contribution >= 0.6 is 11.3 Å². The summed E-state index contributed by atoms with van der Waals surface area (Å²) in [4.78, 5) is 15.7. The summed E-state index contributed by atoms with van der Waals surface area (Å²) in [5, 5.41) is 2.70. The minimum atomic E-state index is -0.396. The zero-order chi connectivity index (χ0) is 9.80. The summed E-state index contributed by atoms with van der Waals surface area (Å²) >= 11 is 1.49. The number of rotatable bonds is 3. The van der Waals surface area contributed by atoms with E-state index in [9.17, 15) is 4.79 Å². The van der Waals surface area contributed by atoms with Gasteiger partial charge in [-0.05, 0) is 0 Å². The van der Waals surface area contributed by atoms with Crippen LogP contribution in [-0.4, -0.2) is 36.7 Å². The number of hydrogen-bond acceptors (Lipinski definition) is 5. The van der Waals surface area contributed by atoms with Gasteiger partial charge in [0.25, 0.3) is 0 Å². The Kier molecular flexibility index (Phi) is 3.23. The van der Waals surface area contributed by atoms with Crippen LogP contribution in [0.3, 0.4) is 0 Å². The molecule has 1 aliphatic heterocycles. The van der Waals surface area contributed by atoms with E-state index in [1.165, 1.54) is 11.3 Å². The Balaban J connectivity index is 1.88. The maximum Gasteiger partial charge on any atom is 0.170 e. The van der Waals surface area contributed by atoms with Gasteiger partial charge in [0, 0.05) is 11.6 Å². The number of ketones is 1. The average molecular weight is 213 g/mol. The van der Waals surface area contributed by atoms with Gasteiger partial charge in [0.1, 0.15) is 6.10 Å². The Bertz CT molecular complexity index is 293. The second-order valence-electron chi connectivity index (χ2n) is 3.00. The van der Waals surface area contributed by atoms with E-state index in [1.54, 1.807) is 6.20 Å². The predicted octanol–water partition coefficient (Wildman–Crippen LogP) is 0.670. The van der Waals surface area contributed by atoms with E-state index in [0.29, 0.717) is 26.2 Å². The molecule has 0 saturated carbocycles. The standard InChI is InChI=1S/C9H11NO3S/c11-7(5-9-10-1-4-14-9)8-6-12-2-3-13-8/h1,4,8H,2-3,5-6H2. The lowest BCUT2D eigenvalue weighted by molar-refractivity contribution is -0.144. The molecule has 4 nitrogen and oxygen atoms in total. The first kappa shape index (κ1) is 9.76. The number of thiazole rings is 1. The van der Waals surface area contributed by atoms with E-state index >= 15 is 0 Å². The zero-order valence-corrected chi connectivity index (χ0v) is 8.46. The lowest BCUT2D eigenvalue weighted by Gasteiger charge is -2.21. The fourth-order valence-electron chi connectivity index (χ4n) is 1.28. The summed E-state index contributed by atoms with van der Waals surface area (Å²) < 4.78 is 10.5. The molecule has 0 aromatic carbocycles. The molecular formula is C9H11NO3S. The van der Waals surface area contributed by atoms with Gasteiger partial charge in [-0.2, -0.15) is 0 Å². The Morgan fingerprint density at radius 1 is 1.64 bits per heavy atom. The lowest BCUT2D eigenvalue weighted by Crippen LogP contribution is -2.36. The van der Waals surface area contributed by atoms with E-state index < -0.39 is 6.10 Å². The molecule has 1 unspecified atom stereocenters. The molecule has 5 heteroatoms. The van der Waals surface area contributed by atoms with Crippen molar-refractivity contribution >= 4 is 17.1 Å². The van der Waals surface area contributed by atoms with Crippen LogP contribution in [0, 0.1) is 0 Å². The Labute approximate surface area is 85.9 Å². The van der Waals surface area contributed by atoms with Crippen LogP contribution in [0.4, 0.5) is 0 Å².